The monoisotopic (exact) mass is 294 g/mol. The van der Waals surface area contributed by atoms with E-state index in [2.05, 4.69) is 41.0 Å². The largest absolute Gasteiger partial charge is 0.496 e. The molecular weight excluding hydrogens is 272 g/mol. The van der Waals surface area contributed by atoms with Gasteiger partial charge in [0.25, 0.3) is 0 Å². The molecule has 2 atom stereocenters. The zero-order valence-electron chi connectivity index (χ0n) is 12.9. The van der Waals surface area contributed by atoms with Crippen molar-refractivity contribution in [3.8, 4) is 16.9 Å². The number of rotatable bonds is 2. The van der Waals surface area contributed by atoms with Crippen molar-refractivity contribution in [3.05, 3.63) is 48.0 Å². The minimum Gasteiger partial charge on any atom is -0.496 e. The second-order valence-electron chi connectivity index (χ2n) is 6.15. The van der Waals surface area contributed by atoms with Crippen LogP contribution in [0.25, 0.3) is 11.1 Å². The smallest absolute Gasteiger partial charge is 0.126 e. The molecular formula is C19H22N2O. The minimum absolute atomic E-state index is 0.556. The second-order valence-corrected chi connectivity index (χ2v) is 6.15. The Balaban J connectivity index is 1.85. The first-order chi connectivity index (χ1) is 10.9. The lowest BCUT2D eigenvalue weighted by Gasteiger charge is -2.19. The van der Waals surface area contributed by atoms with Crippen molar-refractivity contribution in [1.82, 2.24) is 5.32 Å². The van der Waals surface area contributed by atoms with Gasteiger partial charge in [0, 0.05) is 23.2 Å². The van der Waals surface area contributed by atoms with Gasteiger partial charge in [0.1, 0.15) is 5.75 Å². The van der Waals surface area contributed by atoms with E-state index in [9.17, 15) is 0 Å². The van der Waals surface area contributed by atoms with Crippen LogP contribution in [-0.2, 0) is 0 Å². The third kappa shape index (κ3) is 2.17. The lowest BCUT2D eigenvalue weighted by molar-refractivity contribution is 0.416. The number of hydrogen-bond donors (Lipinski definition) is 2. The summed E-state index contributed by atoms with van der Waals surface area (Å²) in [6.45, 7) is 2.20. The molecule has 0 aliphatic carbocycles. The summed E-state index contributed by atoms with van der Waals surface area (Å²) in [5.74, 6) is 1.54. The maximum absolute atomic E-state index is 5.59. The average Bonchev–Trinajstić information content (AvgIpc) is 2.76. The molecule has 114 valence electrons. The van der Waals surface area contributed by atoms with Crippen LogP contribution in [0, 0.1) is 0 Å². The van der Waals surface area contributed by atoms with Gasteiger partial charge in [-0.2, -0.15) is 0 Å². The second kappa shape index (κ2) is 5.65. The molecule has 0 bridgehead atoms. The highest BCUT2D eigenvalue weighted by molar-refractivity contribution is 5.81. The van der Waals surface area contributed by atoms with Gasteiger partial charge in [-0.3, -0.25) is 0 Å². The summed E-state index contributed by atoms with van der Waals surface area (Å²) in [6, 6.07) is 15.5. The number of para-hydroxylation sites is 1. The Morgan fingerprint density at radius 2 is 1.77 bits per heavy atom. The average molecular weight is 294 g/mol. The van der Waals surface area contributed by atoms with Gasteiger partial charge in [-0.1, -0.05) is 30.3 Å². The van der Waals surface area contributed by atoms with Crippen molar-refractivity contribution in [2.75, 3.05) is 25.5 Å². The van der Waals surface area contributed by atoms with E-state index in [1.165, 1.54) is 35.2 Å². The number of ether oxygens (including phenoxy) is 1. The molecule has 0 unspecified atom stereocenters. The molecule has 0 aromatic heterocycles. The van der Waals surface area contributed by atoms with E-state index in [1.54, 1.807) is 7.11 Å². The predicted octanol–water partition coefficient (Wildman–Crippen LogP) is 3.62. The summed E-state index contributed by atoms with van der Waals surface area (Å²) < 4.78 is 5.59. The van der Waals surface area contributed by atoms with Crippen LogP contribution in [0.2, 0.25) is 0 Å². The maximum Gasteiger partial charge on any atom is 0.126 e. The number of anilines is 1. The third-order valence-corrected chi connectivity index (χ3v) is 4.96. The van der Waals surface area contributed by atoms with Crippen molar-refractivity contribution in [2.24, 2.45) is 0 Å². The lowest BCUT2D eigenvalue weighted by atomic mass is 9.86. The molecule has 2 aromatic carbocycles. The van der Waals surface area contributed by atoms with Crippen LogP contribution in [0.3, 0.4) is 0 Å². The molecule has 2 aliphatic rings. The van der Waals surface area contributed by atoms with Gasteiger partial charge in [0.2, 0.25) is 0 Å². The molecule has 3 heteroatoms. The van der Waals surface area contributed by atoms with Crippen LogP contribution < -0.4 is 15.4 Å². The Labute approximate surface area is 131 Å². The van der Waals surface area contributed by atoms with Gasteiger partial charge in [-0.15, -0.1) is 0 Å². The SMILES string of the molecule is COc1ccccc1-c1cccc2c1[C@H]1CCNCC[C@@H]1N2. The standard InChI is InChI=1S/C19H22N2O/c1-22-18-8-3-2-5-13(18)14-6-4-7-17-19(14)15-9-11-20-12-10-16(15)21-17/h2-8,15-16,20-21H,9-12H2,1H3/t15-,16-/m0/s1. The summed E-state index contributed by atoms with van der Waals surface area (Å²) >= 11 is 0. The van der Waals surface area contributed by atoms with Crippen molar-refractivity contribution in [1.29, 1.82) is 0 Å². The Hall–Kier alpha value is -2.00. The van der Waals surface area contributed by atoms with Crippen LogP contribution in [0.15, 0.2) is 42.5 Å². The van der Waals surface area contributed by atoms with Crippen molar-refractivity contribution >= 4 is 5.69 Å². The molecule has 22 heavy (non-hydrogen) atoms. The Kier molecular flexibility index (Phi) is 3.51. The number of hydrogen-bond acceptors (Lipinski definition) is 3. The number of fused-ring (bicyclic) bond motifs is 3. The lowest BCUT2D eigenvalue weighted by Crippen LogP contribution is -2.21. The molecule has 0 saturated carbocycles. The first-order valence-corrected chi connectivity index (χ1v) is 8.12. The first kappa shape index (κ1) is 13.6. The molecule has 3 nitrogen and oxygen atoms in total. The van der Waals surface area contributed by atoms with Crippen LogP contribution in [-0.4, -0.2) is 26.2 Å². The maximum atomic E-state index is 5.59. The van der Waals surface area contributed by atoms with Crippen molar-refractivity contribution in [3.63, 3.8) is 0 Å². The van der Waals surface area contributed by atoms with E-state index < -0.39 is 0 Å². The summed E-state index contributed by atoms with van der Waals surface area (Å²) in [5, 5.41) is 7.27. The highest BCUT2D eigenvalue weighted by Crippen LogP contribution is 2.46. The third-order valence-electron chi connectivity index (χ3n) is 4.96. The molecule has 2 aromatic rings. The zero-order valence-corrected chi connectivity index (χ0v) is 12.9. The van der Waals surface area contributed by atoms with Gasteiger partial charge in [-0.25, -0.2) is 0 Å². The fraction of sp³-hybridized carbons (Fsp3) is 0.368. The predicted molar refractivity (Wildman–Crippen MR) is 90.7 cm³/mol. The van der Waals surface area contributed by atoms with Crippen LogP contribution in [0.4, 0.5) is 5.69 Å². The summed E-state index contributed by atoms with van der Waals surface area (Å²) in [6.07, 6.45) is 2.38. The van der Waals surface area contributed by atoms with Crippen LogP contribution >= 0.6 is 0 Å². The first-order valence-electron chi connectivity index (χ1n) is 8.12. The van der Waals surface area contributed by atoms with Crippen LogP contribution in [0.5, 0.6) is 5.75 Å². The Morgan fingerprint density at radius 3 is 2.68 bits per heavy atom. The minimum atomic E-state index is 0.556. The summed E-state index contributed by atoms with van der Waals surface area (Å²) in [5.41, 5.74) is 5.29. The highest BCUT2D eigenvalue weighted by Gasteiger charge is 2.35. The van der Waals surface area contributed by atoms with Gasteiger partial charge in [-0.05, 0) is 49.2 Å². The van der Waals surface area contributed by atoms with E-state index in [-0.39, 0.29) is 0 Å². The van der Waals surface area contributed by atoms with Gasteiger partial charge in [0.05, 0.1) is 7.11 Å². The summed E-state index contributed by atoms with van der Waals surface area (Å²) in [7, 11) is 1.75. The van der Waals surface area contributed by atoms with Crippen LogP contribution in [0.1, 0.15) is 24.3 Å². The van der Waals surface area contributed by atoms with E-state index in [0.717, 1.165) is 18.8 Å². The fourth-order valence-electron chi connectivity index (χ4n) is 3.95. The molecule has 0 spiro atoms. The molecule has 4 rings (SSSR count). The Morgan fingerprint density at radius 1 is 0.955 bits per heavy atom. The summed E-state index contributed by atoms with van der Waals surface area (Å²) in [4.78, 5) is 0. The molecule has 1 saturated heterocycles. The van der Waals surface area contributed by atoms with E-state index >= 15 is 0 Å². The molecule has 1 fully saturated rings. The van der Waals surface area contributed by atoms with E-state index in [4.69, 9.17) is 4.74 Å². The van der Waals surface area contributed by atoms with Gasteiger partial charge < -0.3 is 15.4 Å². The molecule has 2 aliphatic heterocycles. The molecule has 2 heterocycles. The van der Waals surface area contributed by atoms with Gasteiger partial charge in [0.15, 0.2) is 0 Å². The Bertz CT molecular complexity index is 683. The number of nitrogens with one attached hydrogen (secondary N) is 2. The number of methoxy groups -OCH3 is 1. The quantitative estimate of drug-likeness (QED) is 0.887. The van der Waals surface area contributed by atoms with Gasteiger partial charge >= 0.3 is 0 Å². The fourth-order valence-corrected chi connectivity index (χ4v) is 3.95. The topological polar surface area (TPSA) is 33.3 Å². The normalized spacial score (nSPS) is 23.1. The van der Waals surface area contributed by atoms with E-state index in [0.29, 0.717) is 12.0 Å². The highest BCUT2D eigenvalue weighted by atomic mass is 16.5. The molecule has 2 N–H and O–H groups in total. The molecule has 0 radical (unpaired) electrons. The van der Waals surface area contributed by atoms with Crippen molar-refractivity contribution in [2.45, 2.75) is 24.8 Å². The van der Waals surface area contributed by atoms with E-state index in [1.807, 2.05) is 12.1 Å². The zero-order chi connectivity index (χ0) is 14.9. The number of benzene rings is 2. The molecule has 0 amide bonds. The van der Waals surface area contributed by atoms with Crippen molar-refractivity contribution < 1.29 is 4.74 Å².